The molecule has 0 atom stereocenters. The van der Waals surface area contributed by atoms with Crippen LogP contribution < -0.4 is 20.3 Å². The predicted molar refractivity (Wildman–Crippen MR) is 105 cm³/mol. The number of hydrogen-bond acceptors (Lipinski definition) is 3. The summed E-state index contributed by atoms with van der Waals surface area (Å²) < 4.78 is 34.3. The van der Waals surface area contributed by atoms with Crippen molar-refractivity contribution in [2.24, 2.45) is 0 Å². The van der Waals surface area contributed by atoms with E-state index in [1.807, 2.05) is 0 Å². The summed E-state index contributed by atoms with van der Waals surface area (Å²) in [6, 6.07) is 6.35. The second kappa shape index (κ2) is 9.61. The molecule has 8 heteroatoms. The Balaban J connectivity index is 1.54. The summed E-state index contributed by atoms with van der Waals surface area (Å²) in [4.78, 5) is 1.62. The molecule has 1 aromatic rings. The first-order valence-corrected chi connectivity index (χ1v) is 10.0. The summed E-state index contributed by atoms with van der Waals surface area (Å²) in [6.07, 6.45) is 6.24. The summed E-state index contributed by atoms with van der Waals surface area (Å²) in [5.74, 6) is 0.131. The number of thiocarbonyl (C=S) groups is 1. The molecule has 0 radical (unpaired) electrons. The number of nitrogens with one attached hydrogen (secondary N) is 3. The average Bonchev–Trinajstić information content (AvgIpc) is 2.69. The second-order valence-electron chi connectivity index (χ2n) is 7.27. The average molecular weight is 401 g/mol. The molecule has 5 nitrogen and oxygen atoms in total. The standard InChI is InChI=1S/C19H27F2N3O2S/c20-17(21)26-16-6-4-15(5-7-16)23-18(27)22-14-19(8-2-1-3-9-19)24-10-12-25-13-11-24/h4-7,17H,1-3,8-14H2,(H2,22,23,27)/p+1. The van der Waals surface area contributed by atoms with E-state index in [-0.39, 0.29) is 11.3 Å². The molecule has 150 valence electrons. The number of morpholine rings is 1. The third-order valence-electron chi connectivity index (χ3n) is 5.58. The molecule has 1 saturated carbocycles. The highest BCUT2D eigenvalue weighted by Gasteiger charge is 2.42. The number of benzene rings is 1. The van der Waals surface area contributed by atoms with Crippen molar-refractivity contribution in [2.75, 3.05) is 38.2 Å². The van der Waals surface area contributed by atoms with Crippen LogP contribution in [-0.2, 0) is 4.74 Å². The van der Waals surface area contributed by atoms with Gasteiger partial charge >= 0.3 is 6.61 Å². The summed E-state index contributed by atoms with van der Waals surface area (Å²) in [5, 5.41) is 7.07. The number of alkyl halides is 2. The largest absolute Gasteiger partial charge is 0.435 e. The van der Waals surface area contributed by atoms with Crippen LogP contribution in [0.15, 0.2) is 24.3 Å². The van der Waals surface area contributed by atoms with Gasteiger partial charge in [0.2, 0.25) is 0 Å². The van der Waals surface area contributed by atoms with Gasteiger partial charge in [-0.15, -0.1) is 0 Å². The van der Waals surface area contributed by atoms with E-state index in [0.29, 0.717) is 5.11 Å². The van der Waals surface area contributed by atoms with Crippen LogP contribution in [0, 0.1) is 0 Å². The molecule has 1 saturated heterocycles. The zero-order valence-corrected chi connectivity index (χ0v) is 16.3. The Labute approximate surface area is 164 Å². The topological polar surface area (TPSA) is 47.0 Å². The Kier molecular flexibility index (Phi) is 7.20. The first-order chi connectivity index (χ1) is 13.1. The molecule has 1 aliphatic heterocycles. The predicted octanol–water partition coefficient (Wildman–Crippen LogP) is 2.19. The molecule has 3 N–H and O–H groups in total. The molecule has 1 heterocycles. The number of rotatable bonds is 6. The number of anilines is 1. The highest BCUT2D eigenvalue weighted by molar-refractivity contribution is 7.80. The highest BCUT2D eigenvalue weighted by atomic mass is 32.1. The molecule has 0 unspecified atom stereocenters. The summed E-state index contributed by atoms with van der Waals surface area (Å²) in [5.41, 5.74) is 0.952. The Morgan fingerprint density at radius 3 is 2.44 bits per heavy atom. The van der Waals surface area contributed by atoms with E-state index < -0.39 is 6.61 Å². The van der Waals surface area contributed by atoms with Gasteiger partial charge in [0.15, 0.2) is 5.11 Å². The minimum Gasteiger partial charge on any atom is -0.435 e. The molecule has 2 aliphatic rings. The smallest absolute Gasteiger partial charge is 0.387 e. The first kappa shape index (κ1) is 20.2. The van der Waals surface area contributed by atoms with Crippen molar-refractivity contribution in [1.29, 1.82) is 0 Å². The summed E-state index contributed by atoms with van der Waals surface area (Å²) in [6.45, 7) is 1.77. The van der Waals surface area contributed by atoms with Crippen LogP contribution in [0.2, 0.25) is 0 Å². The molecule has 27 heavy (non-hydrogen) atoms. The van der Waals surface area contributed by atoms with E-state index in [1.165, 1.54) is 44.2 Å². The Bertz CT molecular complexity index is 603. The lowest BCUT2D eigenvalue weighted by atomic mass is 9.80. The van der Waals surface area contributed by atoms with Crippen molar-refractivity contribution < 1.29 is 23.2 Å². The van der Waals surface area contributed by atoms with Crippen LogP contribution in [0.25, 0.3) is 0 Å². The maximum absolute atomic E-state index is 12.2. The lowest BCUT2D eigenvalue weighted by Gasteiger charge is -2.45. The zero-order chi connectivity index (χ0) is 19.1. The van der Waals surface area contributed by atoms with Crippen molar-refractivity contribution in [3.05, 3.63) is 24.3 Å². The van der Waals surface area contributed by atoms with E-state index in [9.17, 15) is 8.78 Å². The van der Waals surface area contributed by atoms with E-state index in [2.05, 4.69) is 15.4 Å². The monoisotopic (exact) mass is 400 g/mol. The fourth-order valence-electron chi connectivity index (χ4n) is 4.18. The van der Waals surface area contributed by atoms with E-state index in [1.54, 1.807) is 17.0 Å². The molecule has 0 bridgehead atoms. The number of hydrogen-bond donors (Lipinski definition) is 3. The minimum atomic E-state index is -2.82. The molecule has 0 spiro atoms. The second-order valence-corrected chi connectivity index (χ2v) is 7.68. The molecule has 1 aliphatic carbocycles. The van der Waals surface area contributed by atoms with E-state index in [4.69, 9.17) is 17.0 Å². The SMILES string of the molecule is FC(F)Oc1ccc(NC(=S)NCC2([NH+]3CCOCC3)CCCCC2)cc1. The van der Waals surface area contributed by atoms with Gasteiger partial charge in [0.05, 0.1) is 19.8 Å². The maximum Gasteiger partial charge on any atom is 0.387 e. The molecule has 2 fully saturated rings. The third kappa shape index (κ3) is 5.73. The molecular weight excluding hydrogens is 372 g/mol. The van der Waals surface area contributed by atoms with Gasteiger partial charge in [-0.1, -0.05) is 6.42 Å². The molecule has 0 amide bonds. The Morgan fingerprint density at radius 1 is 1.15 bits per heavy atom. The van der Waals surface area contributed by atoms with Crippen molar-refractivity contribution in [3.63, 3.8) is 0 Å². The van der Waals surface area contributed by atoms with Gasteiger partial charge in [-0.25, -0.2) is 0 Å². The molecule has 3 rings (SSSR count). The van der Waals surface area contributed by atoms with Crippen LogP contribution in [0.5, 0.6) is 5.75 Å². The lowest BCUT2D eigenvalue weighted by Crippen LogP contribution is -3.23. The van der Waals surface area contributed by atoms with Gasteiger partial charge in [0.1, 0.15) is 24.4 Å². The van der Waals surface area contributed by atoms with Crippen LogP contribution in [0.4, 0.5) is 14.5 Å². The van der Waals surface area contributed by atoms with Crippen molar-refractivity contribution in [3.8, 4) is 5.75 Å². The number of quaternary nitrogens is 1. The number of ether oxygens (including phenoxy) is 2. The Hall–Kier alpha value is -1.51. The first-order valence-electron chi connectivity index (χ1n) is 9.60. The quantitative estimate of drug-likeness (QED) is 0.639. The van der Waals surface area contributed by atoms with Gasteiger partial charge in [0.25, 0.3) is 0 Å². The van der Waals surface area contributed by atoms with Gasteiger partial charge in [-0.2, -0.15) is 8.78 Å². The lowest BCUT2D eigenvalue weighted by molar-refractivity contribution is -0.960. The van der Waals surface area contributed by atoms with Crippen LogP contribution in [0.3, 0.4) is 0 Å². The fraction of sp³-hybridized carbons (Fsp3) is 0.632. The van der Waals surface area contributed by atoms with Crippen LogP contribution in [0.1, 0.15) is 32.1 Å². The Morgan fingerprint density at radius 2 is 1.81 bits per heavy atom. The molecular formula is C19H28F2N3O2S+. The van der Waals surface area contributed by atoms with Crippen LogP contribution in [-0.4, -0.2) is 50.1 Å². The minimum absolute atomic E-state index is 0.131. The van der Waals surface area contributed by atoms with Gasteiger partial charge in [0, 0.05) is 18.5 Å². The fourth-order valence-corrected chi connectivity index (χ4v) is 4.37. The normalized spacial score (nSPS) is 20.3. The highest BCUT2D eigenvalue weighted by Crippen LogP contribution is 2.25. The van der Waals surface area contributed by atoms with Crippen molar-refractivity contribution in [1.82, 2.24) is 5.32 Å². The third-order valence-corrected chi connectivity index (χ3v) is 5.83. The van der Waals surface area contributed by atoms with Crippen LogP contribution >= 0.6 is 12.2 Å². The zero-order valence-electron chi connectivity index (χ0n) is 15.4. The van der Waals surface area contributed by atoms with Gasteiger partial charge in [-0.3, -0.25) is 0 Å². The number of halogens is 2. The molecule has 0 aromatic heterocycles. The molecule has 1 aromatic carbocycles. The van der Waals surface area contributed by atoms with E-state index in [0.717, 1.165) is 38.5 Å². The maximum atomic E-state index is 12.2. The summed E-state index contributed by atoms with van der Waals surface area (Å²) in [7, 11) is 0. The summed E-state index contributed by atoms with van der Waals surface area (Å²) >= 11 is 5.45. The van der Waals surface area contributed by atoms with Crippen molar-refractivity contribution >= 4 is 23.0 Å². The van der Waals surface area contributed by atoms with Crippen molar-refractivity contribution in [2.45, 2.75) is 44.3 Å². The van der Waals surface area contributed by atoms with Gasteiger partial charge < -0.3 is 25.0 Å². The van der Waals surface area contributed by atoms with Gasteiger partial charge in [-0.05, 0) is 49.3 Å². The van der Waals surface area contributed by atoms with E-state index >= 15 is 0 Å².